The number of rotatable bonds is 1. The Morgan fingerprint density at radius 1 is 0.892 bits per heavy atom. The summed E-state index contributed by atoms with van der Waals surface area (Å²) in [5, 5.41) is 17.2. The number of hydrogen-bond donors (Lipinski definition) is 0. The van der Waals surface area contributed by atoms with Crippen molar-refractivity contribution in [3.05, 3.63) is 77.1 Å². The number of nitrogens with zero attached hydrogens (tertiary/aromatic N) is 4. The topological polar surface area (TPSA) is 45.0 Å². The summed E-state index contributed by atoms with van der Waals surface area (Å²) < 4.78 is 4.58. The molecule has 0 amide bonds. The number of pyridine rings is 1. The minimum atomic E-state index is 0.224. The summed E-state index contributed by atoms with van der Waals surface area (Å²) in [5.74, 6) is 0. The second kappa shape index (κ2) is 7.17. The molecule has 0 aliphatic heterocycles. The van der Waals surface area contributed by atoms with Crippen LogP contribution in [0.15, 0.2) is 54.9 Å². The van der Waals surface area contributed by atoms with Gasteiger partial charge in [0.25, 0.3) is 6.33 Å². The van der Waals surface area contributed by atoms with Crippen molar-refractivity contribution in [1.29, 1.82) is 5.26 Å². The lowest BCUT2D eigenvalue weighted by molar-refractivity contribution is -0.646. The number of fused-ring (bicyclic) bond motifs is 7. The van der Waals surface area contributed by atoms with Crippen molar-refractivity contribution in [2.75, 3.05) is 0 Å². The molecule has 0 saturated carbocycles. The maximum Gasteiger partial charge on any atom is 0.287 e. The highest BCUT2D eigenvalue weighted by atomic mass is 15.0. The number of aryl methyl sites for hydroxylation is 3. The third kappa shape index (κ3) is 2.83. The van der Waals surface area contributed by atoms with E-state index in [-0.39, 0.29) is 5.41 Å². The molecule has 7 aromatic rings. The van der Waals surface area contributed by atoms with Gasteiger partial charge in [-0.2, -0.15) is 5.26 Å². The van der Waals surface area contributed by atoms with E-state index in [1.165, 1.54) is 43.9 Å². The summed E-state index contributed by atoms with van der Waals surface area (Å²) in [6, 6.07) is 19.8. The van der Waals surface area contributed by atoms with E-state index in [2.05, 4.69) is 93.1 Å². The molecule has 3 heterocycles. The Labute approximate surface area is 215 Å². The second-order valence-electron chi connectivity index (χ2n) is 11.8. The second-order valence-corrected chi connectivity index (χ2v) is 11.8. The summed E-state index contributed by atoms with van der Waals surface area (Å²) in [6.07, 6.45) is 2.97. The van der Waals surface area contributed by atoms with Gasteiger partial charge in [-0.25, -0.2) is 4.57 Å². The predicted molar refractivity (Wildman–Crippen MR) is 152 cm³/mol. The molecule has 4 nitrogen and oxygen atoms in total. The molecule has 3 aromatic heterocycles. The standard InChI is InChI=1S/C33H29N4/c1-18-24-14-20(15-33(3,4)5)10-11-22(24)19(2)30-27(18)32-29-25(35-17-36(32)6)13-12-23-28-21(16-34)8-7-9-26(28)37(30)31(23)29/h7-14,17H,15H2,1-6H3/q+1. The Morgan fingerprint density at radius 2 is 1.68 bits per heavy atom. The molecule has 0 N–H and O–H groups in total. The van der Waals surface area contributed by atoms with E-state index < -0.39 is 0 Å². The van der Waals surface area contributed by atoms with Crippen LogP contribution in [-0.4, -0.2) is 9.38 Å². The summed E-state index contributed by atoms with van der Waals surface area (Å²) in [5.41, 5.74) is 10.5. The van der Waals surface area contributed by atoms with Gasteiger partial charge in [0, 0.05) is 10.8 Å². The van der Waals surface area contributed by atoms with Gasteiger partial charge in [-0.15, -0.1) is 0 Å². The minimum Gasteiger partial charge on any atom is -0.307 e. The molecule has 0 atom stereocenters. The fraction of sp³-hybridized carbons (Fsp3) is 0.242. The van der Waals surface area contributed by atoms with Gasteiger partial charge in [0.2, 0.25) is 0 Å². The summed E-state index contributed by atoms with van der Waals surface area (Å²) in [4.78, 5) is 4.81. The van der Waals surface area contributed by atoms with Crippen molar-refractivity contribution in [3.8, 4) is 6.07 Å². The van der Waals surface area contributed by atoms with Gasteiger partial charge >= 0.3 is 0 Å². The van der Waals surface area contributed by atoms with Crippen molar-refractivity contribution in [1.82, 2.24) is 9.38 Å². The SMILES string of the molecule is Cc1c2cc(CC(C)(C)C)ccc2c(C)c2c1c1c3c(ccc4c5c(C#N)cccc5n2c43)nc[n+]1C. The molecule has 37 heavy (non-hydrogen) atoms. The first kappa shape index (κ1) is 22.0. The normalized spacial score (nSPS) is 12.7. The first-order chi connectivity index (χ1) is 17.7. The predicted octanol–water partition coefficient (Wildman–Crippen LogP) is 7.44. The lowest BCUT2D eigenvalue weighted by Crippen LogP contribution is -2.30. The van der Waals surface area contributed by atoms with Crippen molar-refractivity contribution < 1.29 is 4.57 Å². The minimum absolute atomic E-state index is 0.224. The number of nitriles is 1. The van der Waals surface area contributed by atoms with E-state index in [9.17, 15) is 5.26 Å². The number of aromatic nitrogens is 3. The molecule has 0 spiro atoms. The van der Waals surface area contributed by atoms with E-state index >= 15 is 0 Å². The first-order valence-electron chi connectivity index (χ1n) is 12.9. The number of hydrogen-bond acceptors (Lipinski definition) is 2. The maximum absolute atomic E-state index is 10.0. The van der Waals surface area contributed by atoms with Crippen LogP contribution in [0.25, 0.3) is 59.9 Å². The van der Waals surface area contributed by atoms with E-state index in [0.29, 0.717) is 5.56 Å². The molecule has 7 rings (SSSR count). The zero-order valence-electron chi connectivity index (χ0n) is 22.2. The maximum atomic E-state index is 10.0. The Morgan fingerprint density at radius 3 is 2.43 bits per heavy atom. The van der Waals surface area contributed by atoms with Crippen LogP contribution in [0.4, 0.5) is 0 Å². The zero-order valence-corrected chi connectivity index (χ0v) is 22.2. The Hall–Kier alpha value is -4.23. The largest absolute Gasteiger partial charge is 0.307 e. The van der Waals surface area contributed by atoms with E-state index in [1.807, 2.05) is 18.5 Å². The van der Waals surface area contributed by atoms with E-state index in [0.717, 1.165) is 39.1 Å². The smallest absolute Gasteiger partial charge is 0.287 e. The highest BCUT2D eigenvalue weighted by Gasteiger charge is 2.27. The molecule has 180 valence electrons. The molecule has 4 aromatic carbocycles. The monoisotopic (exact) mass is 481 g/mol. The fourth-order valence-electron chi connectivity index (χ4n) is 6.64. The van der Waals surface area contributed by atoms with Crippen LogP contribution in [0, 0.1) is 30.6 Å². The van der Waals surface area contributed by atoms with Gasteiger partial charge in [0.1, 0.15) is 5.52 Å². The summed E-state index contributed by atoms with van der Waals surface area (Å²) in [7, 11) is 2.10. The van der Waals surface area contributed by atoms with Gasteiger partial charge < -0.3 is 4.40 Å². The molecular formula is C33H29N4+. The van der Waals surface area contributed by atoms with Crippen molar-refractivity contribution >= 4 is 59.9 Å². The average molecular weight is 482 g/mol. The van der Waals surface area contributed by atoms with Crippen LogP contribution in [0.3, 0.4) is 0 Å². The van der Waals surface area contributed by atoms with E-state index in [1.54, 1.807) is 0 Å². The highest BCUT2D eigenvalue weighted by molar-refractivity contribution is 6.29. The van der Waals surface area contributed by atoms with Crippen LogP contribution in [0.2, 0.25) is 0 Å². The quantitative estimate of drug-likeness (QED) is 0.139. The molecule has 0 unspecified atom stereocenters. The van der Waals surface area contributed by atoms with Gasteiger partial charge in [-0.05, 0) is 82.4 Å². The highest BCUT2D eigenvalue weighted by Crippen LogP contribution is 2.44. The first-order valence-corrected chi connectivity index (χ1v) is 12.9. The fourth-order valence-corrected chi connectivity index (χ4v) is 6.64. The van der Waals surface area contributed by atoms with Gasteiger partial charge in [0.15, 0.2) is 5.52 Å². The van der Waals surface area contributed by atoms with Crippen molar-refractivity contribution in [2.45, 2.75) is 41.0 Å². The molecule has 4 heteroatoms. The van der Waals surface area contributed by atoms with Gasteiger partial charge in [0.05, 0.1) is 46.0 Å². The van der Waals surface area contributed by atoms with Crippen LogP contribution in [0.5, 0.6) is 0 Å². The summed E-state index contributed by atoms with van der Waals surface area (Å²) >= 11 is 0. The molecule has 0 aliphatic rings. The summed E-state index contributed by atoms with van der Waals surface area (Å²) in [6.45, 7) is 11.4. The van der Waals surface area contributed by atoms with Crippen molar-refractivity contribution in [3.63, 3.8) is 0 Å². The molecule has 0 radical (unpaired) electrons. The van der Waals surface area contributed by atoms with Crippen LogP contribution in [-0.2, 0) is 13.5 Å². The van der Waals surface area contributed by atoms with Crippen LogP contribution < -0.4 is 4.57 Å². The molecule has 0 saturated heterocycles. The van der Waals surface area contributed by atoms with E-state index in [4.69, 9.17) is 4.98 Å². The third-order valence-electron chi connectivity index (χ3n) is 8.07. The number of benzene rings is 4. The third-order valence-corrected chi connectivity index (χ3v) is 8.07. The average Bonchev–Trinajstić information content (AvgIpc) is 3.21. The van der Waals surface area contributed by atoms with Crippen molar-refractivity contribution in [2.24, 2.45) is 12.5 Å². The molecule has 0 fully saturated rings. The Balaban J connectivity index is 1.82. The Kier molecular flexibility index (Phi) is 4.26. The lowest BCUT2D eigenvalue weighted by atomic mass is 9.86. The van der Waals surface area contributed by atoms with Gasteiger partial charge in [-0.1, -0.05) is 45.0 Å². The van der Waals surface area contributed by atoms with Gasteiger partial charge in [-0.3, -0.25) is 0 Å². The van der Waals surface area contributed by atoms with Crippen LogP contribution in [0.1, 0.15) is 43.0 Å². The lowest BCUT2D eigenvalue weighted by Gasteiger charge is -2.20. The molecule has 0 aliphatic carbocycles. The van der Waals surface area contributed by atoms with Crippen LogP contribution >= 0.6 is 0 Å². The molecule has 0 bridgehead atoms. The Bertz CT molecular complexity index is 2130. The molecular weight excluding hydrogens is 452 g/mol. The zero-order chi connectivity index (χ0) is 25.8.